The molecule has 1 nitrogen and oxygen atoms in total. The number of halogens is 1. The predicted molar refractivity (Wildman–Crippen MR) is 72.6 cm³/mol. The van der Waals surface area contributed by atoms with Gasteiger partial charge in [-0.1, -0.05) is 39.1 Å². The van der Waals surface area contributed by atoms with Gasteiger partial charge in [0, 0.05) is 8.80 Å². The molecule has 0 atom stereocenters. The molecule has 0 saturated carbocycles. The third-order valence-corrected chi connectivity index (χ3v) is 6.95. The van der Waals surface area contributed by atoms with Crippen LogP contribution in [0.25, 0.3) is 0 Å². The zero-order valence-corrected chi connectivity index (χ0v) is 12.6. The highest BCUT2D eigenvalue weighted by Crippen LogP contribution is 2.31. The molecule has 0 amide bonds. The van der Waals surface area contributed by atoms with Gasteiger partial charge in [-0.3, -0.25) is 0 Å². The first-order chi connectivity index (χ1) is 6.93. The zero-order valence-electron chi connectivity index (χ0n) is 9.88. The number of para-hydroxylation sites is 1. The monoisotopic (exact) mass is 286 g/mol. The molecule has 0 aliphatic carbocycles. The van der Waals surface area contributed by atoms with Crippen molar-refractivity contribution < 1.29 is 4.74 Å². The maximum absolute atomic E-state index is 5.85. The summed E-state index contributed by atoms with van der Waals surface area (Å²) in [6, 6.07) is 8.01. The quantitative estimate of drug-likeness (QED) is 0.758. The summed E-state index contributed by atoms with van der Waals surface area (Å²) < 4.78 is 6.88. The van der Waals surface area contributed by atoms with E-state index < -0.39 is 8.80 Å². The largest absolute Gasteiger partial charge is 0.492 e. The highest BCUT2D eigenvalue weighted by Gasteiger charge is 2.24. The van der Waals surface area contributed by atoms with E-state index in [1.54, 1.807) is 0 Å². The number of rotatable bonds is 4. The molecule has 1 aromatic carbocycles. The Balaban J connectivity index is 2.62. The van der Waals surface area contributed by atoms with Gasteiger partial charge in [0.05, 0.1) is 11.1 Å². The van der Waals surface area contributed by atoms with Gasteiger partial charge in [-0.15, -0.1) is 0 Å². The van der Waals surface area contributed by atoms with E-state index in [2.05, 4.69) is 42.9 Å². The van der Waals surface area contributed by atoms with E-state index in [9.17, 15) is 0 Å². The summed E-state index contributed by atoms with van der Waals surface area (Å²) in [6.07, 6.45) is 0. The van der Waals surface area contributed by atoms with Crippen molar-refractivity contribution in [3.8, 4) is 5.75 Å². The Morgan fingerprint density at radius 2 is 1.87 bits per heavy atom. The fourth-order valence-electron chi connectivity index (χ4n) is 0.992. The molecule has 0 aromatic heterocycles. The van der Waals surface area contributed by atoms with E-state index in [0.29, 0.717) is 5.04 Å². The van der Waals surface area contributed by atoms with Crippen LogP contribution in [0.2, 0.25) is 18.1 Å². The molecule has 84 valence electrons. The Kier molecular flexibility index (Phi) is 4.41. The van der Waals surface area contributed by atoms with Gasteiger partial charge in [-0.05, 0) is 33.1 Å². The summed E-state index contributed by atoms with van der Waals surface area (Å²) in [6.45, 7) is 10.1. The van der Waals surface area contributed by atoms with Crippen molar-refractivity contribution in [2.75, 3.05) is 6.61 Å². The van der Waals surface area contributed by atoms with E-state index in [4.69, 9.17) is 4.74 Å². The second-order valence-electron chi connectivity index (χ2n) is 4.86. The molecule has 0 heterocycles. The Morgan fingerprint density at radius 3 is 2.40 bits per heavy atom. The van der Waals surface area contributed by atoms with Crippen LogP contribution in [0.1, 0.15) is 13.8 Å². The summed E-state index contributed by atoms with van der Waals surface area (Å²) in [5.41, 5.74) is 0. The normalized spacial score (nSPS) is 11.9. The zero-order chi connectivity index (χ0) is 11.5. The minimum absolute atomic E-state index is 0.343. The molecule has 0 aliphatic heterocycles. The molecule has 0 aliphatic rings. The highest BCUT2D eigenvalue weighted by molar-refractivity contribution is 9.10. The van der Waals surface area contributed by atoms with Crippen molar-refractivity contribution in [3.63, 3.8) is 0 Å². The first-order valence-corrected chi connectivity index (χ1v) is 8.99. The molecule has 15 heavy (non-hydrogen) atoms. The van der Waals surface area contributed by atoms with Crippen LogP contribution in [0.5, 0.6) is 5.75 Å². The van der Waals surface area contributed by atoms with Crippen LogP contribution in [-0.2, 0) is 0 Å². The predicted octanol–water partition coefficient (Wildman–Crippen LogP) is 4.09. The van der Waals surface area contributed by atoms with Gasteiger partial charge in [0.25, 0.3) is 0 Å². The van der Waals surface area contributed by atoms with E-state index in [-0.39, 0.29) is 0 Å². The number of hydrogen-bond acceptors (Lipinski definition) is 1. The maximum Gasteiger partial charge on any atom is 0.133 e. The van der Waals surface area contributed by atoms with Crippen LogP contribution < -0.4 is 4.74 Å². The highest BCUT2D eigenvalue weighted by atomic mass is 79.9. The Hall–Kier alpha value is -0.283. The summed E-state index contributed by atoms with van der Waals surface area (Å²) in [5, 5.41) is 0.343. The average molecular weight is 287 g/mol. The molecule has 1 aromatic rings. The van der Waals surface area contributed by atoms with Crippen molar-refractivity contribution in [3.05, 3.63) is 28.7 Å². The van der Waals surface area contributed by atoms with Gasteiger partial charge in [-0.2, -0.15) is 0 Å². The first-order valence-electron chi connectivity index (χ1n) is 5.31. The fourth-order valence-corrected chi connectivity index (χ4v) is 1.81. The van der Waals surface area contributed by atoms with Crippen LogP contribution in [0, 0.1) is 0 Å². The van der Waals surface area contributed by atoms with Gasteiger partial charge < -0.3 is 4.74 Å². The second kappa shape index (κ2) is 5.17. The molecule has 0 radical (unpaired) electrons. The van der Waals surface area contributed by atoms with Crippen LogP contribution in [0.3, 0.4) is 0 Å². The Labute approximate surface area is 103 Å². The van der Waals surface area contributed by atoms with Gasteiger partial charge in [0.1, 0.15) is 5.75 Å². The molecular weight excluding hydrogens is 268 g/mol. The molecular formula is C12H19BrOSi. The molecule has 0 unspecified atom stereocenters. The standard InChI is InChI=1S/C12H19BrOSi/c1-12(2,15(3)4)9-14-11-8-6-5-7-10(11)13/h5-8,15H,9H2,1-4H3. The van der Waals surface area contributed by atoms with E-state index in [0.717, 1.165) is 16.8 Å². The lowest BCUT2D eigenvalue weighted by atomic mass is 10.2. The molecule has 0 fully saturated rings. The Bertz CT molecular complexity index is 323. The molecule has 0 N–H and O–H groups in total. The Morgan fingerprint density at radius 1 is 1.27 bits per heavy atom. The van der Waals surface area contributed by atoms with Crippen molar-refractivity contribution in [1.29, 1.82) is 0 Å². The first kappa shape index (κ1) is 12.8. The van der Waals surface area contributed by atoms with Gasteiger partial charge in [-0.25, -0.2) is 0 Å². The van der Waals surface area contributed by atoms with Crippen LogP contribution in [0.4, 0.5) is 0 Å². The third kappa shape index (κ3) is 3.65. The smallest absolute Gasteiger partial charge is 0.133 e. The molecule has 0 saturated heterocycles. The van der Waals surface area contributed by atoms with Gasteiger partial charge in [0.2, 0.25) is 0 Å². The summed E-state index contributed by atoms with van der Waals surface area (Å²) in [7, 11) is -0.677. The van der Waals surface area contributed by atoms with Crippen LogP contribution in [0.15, 0.2) is 28.7 Å². The van der Waals surface area contributed by atoms with Gasteiger partial charge >= 0.3 is 0 Å². The third-order valence-electron chi connectivity index (χ3n) is 3.00. The molecule has 0 spiro atoms. The van der Waals surface area contributed by atoms with E-state index in [1.165, 1.54) is 0 Å². The van der Waals surface area contributed by atoms with Gasteiger partial charge in [0.15, 0.2) is 0 Å². The number of hydrogen-bond donors (Lipinski definition) is 0. The summed E-state index contributed by atoms with van der Waals surface area (Å²) in [5.74, 6) is 0.945. The second-order valence-corrected chi connectivity index (χ2v) is 9.59. The summed E-state index contributed by atoms with van der Waals surface area (Å²) >= 11 is 3.49. The lowest BCUT2D eigenvalue weighted by Crippen LogP contribution is -2.27. The molecule has 1 rings (SSSR count). The number of ether oxygens (including phenoxy) is 1. The van der Waals surface area contributed by atoms with Crippen LogP contribution >= 0.6 is 15.9 Å². The maximum atomic E-state index is 5.85. The van der Waals surface area contributed by atoms with E-state index >= 15 is 0 Å². The van der Waals surface area contributed by atoms with Crippen LogP contribution in [-0.4, -0.2) is 15.4 Å². The molecule has 3 heteroatoms. The molecule has 0 bridgehead atoms. The van der Waals surface area contributed by atoms with Crippen molar-refractivity contribution >= 4 is 24.7 Å². The fraction of sp³-hybridized carbons (Fsp3) is 0.500. The lowest BCUT2D eigenvalue weighted by Gasteiger charge is -2.28. The average Bonchev–Trinajstić information content (AvgIpc) is 2.16. The number of benzene rings is 1. The minimum atomic E-state index is -0.677. The van der Waals surface area contributed by atoms with Crippen molar-refractivity contribution in [2.45, 2.75) is 32.0 Å². The van der Waals surface area contributed by atoms with E-state index in [1.807, 2.05) is 24.3 Å². The minimum Gasteiger partial charge on any atom is -0.492 e. The SMILES string of the molecule is C[SiH](C)C(C)(C)COc1ccccc1Br. The summed E-state index contributed by atoms with van der Waals surface area (Å²) in [4.78, 5) is 0. The van der Waals surface area contributed by atoms with Crippen molar-refractivity contribution in [2.24, 2.45) is 0 Å². The lowest BCUT2D eigenvalue weighted by molar-refractivity contribution is 0.275. The topological polar surface area (TPSA) is 9.23 Å². The van der Waals surface area contributed by atoms with Crippen molar-refractivity contribution in [1.82, 2.24) is 0 Å².